The molecule has 0 spiro atoms. The summed E-state index contributed by atoms with van der Waals surface area (Å²) in [6.07, 6.45) is 5.86. The van der Waals surface area contributed by atoms with E-state index in [1.165, 1.54) is 0 Å². The summed E-state index contributed by atoms with van der Waals surface area (Å²) in [5.41, 5.74) is 1.50. The van der Waals surface area contributed by atoms with Crippen LogP contribution >= 0.6 is 11.3 Å². The lowest BCUT2D eigenvalue weighted by molar-refractivity contribution is 0.0692. The van der Waals surface area contributed by atoms with Crippen molar-refractivity contribution in [2.24, 2.45) is 14.1 Å². The number of aromatic nitrogens is 4. The van der Waals surface area contributed by atoms with E-state index in [0.717, 1.165) is 35.8 Å². The van der Waals surface area contributed by atoms with Crippen molar-refractivity contribution in [2.75, 3.05) is 13.1 Å². The Morgan fingerprint density at radius 2 is 2.24 bits per heavy atom. The Morgan fingerprint density at radius 3 is 2.96 bits per heavy atom. The molecule has 0 N–H and O–H groups in total. The maximum Gasteiger partial charge on any atom is 0.272 e. The SMILES string of the molecule is Cn1ccnc1[C@@H]1CCCN(C(=O)c2cc(-c3cccs3)nn2C)C1. The maximum absolute atomic E-state index is 13.0. The van der Waals surface area contributed by atoms with E-state index in [1.54, 1.807) is 16.0 Å². The lowest BCUT2D eigenvalue weighted by Crippen LogP contribution is -2.40. The van der Waals surface area contributed by atoms with E-state index in [4.69, 9.17) is 0 Å². The van der Waals surface area contributed by atoms with Crippen molar-refractivity contribution in [3.63, 3.8) is 0 Å². The van der Waals surface area contributed by atoms with E-state index in [1.807, 2.05) is 55.0 Å². The number of imidazole rings is 1. The Bertz CT molecular complexity index is 879. The number of thiophene rings is 1. The molecule has 1 saturated heterocycles. The summed E-state index contributed by atoms with van der Waals surface area (Å²) in [4.78, 5) is 20.5. The molecule has 0 aromatic carbocycles. The van der Waals surface area contributed by atoms with Gasteiger partial charge in [-0.1, -0.05) is 6.07 Å². The normalized spacial score (nSPS) is 17.8. The van der Waals surface area contributed by atoms with Crippen LogP contribution in [0.2, 0.25) is 0 Å². The van der Waals surface area contributed by atoms with Crippen LogP contribution in [0.4, 0.5) is 0 Å². The van der Waals surface area contributed by atoms with Gasteiger partial charge in [0.15, 0.2) is 0 Å². The van der Waals surface area contributed by atoms with Crippen LogP contribution in [0.3, 0.4) is 0 Å². The number of hydrogen-bond donors (Lipinski definition) is 0. The van der Waals surface area contributed by atoms with E-state index in [-0.39, 0.29) is 5.91 Å². The number of aryl methyl sites for hydroxylation is 2. The molecule has 0 aliphatic carbocycles. The minimum atomic E-state index is 0.0525. The molecule has 0 bridgehead atoms. The number of nitrogens with zero attached hydrogens (tertiary/aromatic N) is 5. The lowest BCUT2D eigenvalue weighted by Gasteiger charge is -2.32. The average molecular weight is 355 g/mol. The fourth-order valence-corrected chi connectivity index (χ4v) is 4.20. The van der Waals surface area contributed by atoms with Crippen LogP contribution in [0, 0.1) is 0 Å². The van der Waals surface area contributed by atoms with Crippen molar-refractivity contribution in [3.8, 4) is 10.6 Å². The Kier molecular flexibility index (Phi) is 4.17. The molecule has 1 amide bonds. The molecule has 3 aromatic heterocycles. The predicted molar refractivity (Wildman–Crippen MR) is 97.6 cm³/mol. The minimum absolute atomic E-state index is 0.0525. The largest absolute Gasteiger partial charge is 0.338 e. The van der Waals surface area contributed by atoms with Gasteiger partial charge in [0.2, 0.25) is 0 Å². The Hall–Kier alpha value is -2.41. The molecule has 1 fully saturated rings. The summed E-state index contributed by atoms with van der Waals surface area (Å²) in [6, 6.07) is 5.93. The molecule has 0 saturated carbocycles. The molecule has 0 unspecified atom stereocenters. The van der Waals surface area contributed by atoms with Crippen molar-refractivity contribution < 1.29 is 4.79 Å². The van der Waals surface area contributed by atoms with Gasteiger partial charge in [0.05, 0.1) is 4.88 Å². The third-order valence-corrected chi connectivity index (χ3v) is 5.70. The highest BCUT2D eigenvalue weighted by atomic mass is 32.1. The monoisotopic (exact) mass is 355 g/mol. The van der Waals surface area contributed by atoms with Gasteiger partial charge in [-0.3, -0.25) is 9.48 Å². The van der Waals surface area contributed by atoms with E-state index < -0.39 is 0 Å². The fourth-order valence-electron chi connectivity index (χ4n) is 3.52. The van der Waals surface area contributed by atoms with Gasteiger partial charge in [-0.05, 0) is 30.4 Å². The molecule has 4 heterocycles. The zero-order valence-electron chi connectivity index (χ0n) is 14.4. The first-order valence-corrected chi connectivity index (χ1v) is 9.36. The molecular formula is C18H21N5OS. The van der Waals surface area contributed by atoms with Crippen molar-refractivity contribution in [3.05, 3.63) is 47.5 Å². The van der Waals surface area contributed by atoms with E-state index in [0.29, 0.717) is 18.2 Å². The average Bonchev–Trinajstić information content (AvgIpc) is 3.35. The summed E-state index contributed by atoms with van der Waals surface area (Å²) in [7, 11) is 3.85. The number of hydrogen-bond acceptors (Lipinski definition) is 4. The third kappa shape index (κ3) is 3.00. The second kappa shape index (κ2) is 6.48. The standard InChI is InChI=1S/C18H21N5OS/c1-21-9-7-19-17(21)13-5-3-8-23(12-13)18(24)15-11-14(20-22(15)2)16-6-4-10-25-16/h4,6-7,9-11,13H,3,5,8,12H2,1-2H3/t13-/m1/s1. The molecule has 3 aromatic rings. The highest BCUT2D eigenvalue weighted by molar-refractivity contribution is 7.13. The van der Waals surface area contributed by atoms with Gasteiger partial charge in [0.1, 0.15) is 17.2 Å². The van der Waals surface area contributed by atoms with Crippen molar-refractivity contribution >= 4 is 17.2 Å². The van der Waals surface area contributed by atoms with E-state index in [2.05, 4.69) is 14.6 Å². The highest BCUT2D eigenvalue weighted by Crippen LogP contribution is 2.28. The fraction of sp³-hybridized carbons (Fsp3) is 0.389. The number of carbonyl (C=O) groups is 1. The zero-order valence-corrected chi connectivity index (χ0v) is 15.2. The predicted octanol–water partition coefficient (Wildman–Crippen LogP) is 2.90. The maximum atomic E-state index is 13.0. The van der Waals surface area contributed by atoms with Crippen LogP contribution in [0.1, 0.15) is 35.1 Å². The van der Waals surface area contributed by atoms with Crippen LogP contribution in [-0.2, 0) is 14.1 Å². The molecule has 0 radical (unpaired) electrons. The van der Waals surface area contributed by atoms with Gasteiger partial charge in [-0.2, -0.15) is 5.10 Å². The molecule has 1 aliphatic heterocycles. The van der Waals surface area contributed by atoms with Crippen LogP contribution in [-0.4, -0.2) is 43.2 Å². The summed E-state index contributed by atoms with van der Waals surface area (Å²) < 4.78 is 3.75. The van der Waals surface area contributed by atoms with Crippen LogP contribution < -0.4 is 0 Å². The first-order chi connectivity index (χ1) is 12.1. The van der Waals surface area contributed by atoms with Crippen LogP contribution in [0.5, 0.6) is 0 Å². The summed E-state index contributed by atoms with van der Waals surface area (Å²) in [6.45, 7) is 1.50. The quantitative estimate of drug-likeness (QED) is 0.726. The van der Waals surface area contributed by atoms with E-state index >= 15 is 0 Å². The van der Waals surface area contributed by atoms with Gasteiger partial charge in [-0.25, -0.2) is 4.98 Å². The van der Waals surface area contributed by atoms with E-state index in [9.17, 15) is 4.79 Å². The summed E-state index contributed by atoms with van der Waals surface area (Å²) >= 11 is 1.63. The second-order valence-electron chi connectivity index (χ2n) is 6.50. The molecule has 1 atom stereocenters. The molecule has 25 heavy (non-hydrogen) atoms. The first kappa shape index (κ1) is 16.1. The summed E-state index contributed by atoms with van der Waals surface area (Å²) in [5, 5.41) is 6.54. The second-order valence-corrected chi connectivity index (χ2v) is 7.45. The van der Waals surface area contributed by atoms with Crippen molar-refractivity contribution in [2.45, 2.75) is 18.8 Å². The number of piperidine rings is 1. The van der Waals surface area contributed by atoms with Crippen LogP contribution in [0.15, 0.2) is 36.0 Å². The Balaban J connectivity index is 1.55. The first-order valence-electron chi connectivity index (χ1n) is 8.48. The number of rotatable bonds is 3. The smallest absolute Gasteiger partial charge is 0.272 e. The number of amides is 1. The number of carbonyl (C=O) groups excluding carboxylic acids is 1. The molecule has 7 heteroatoms. The Morgan fingerprint density at radius 1 is 1.36 bits per heavy atom. The van der Waals surface area contributed by atoms with Gasteiger partial charge in [0.25, 0.3) is 5.91 Å². The molecule has 6 nitrogen and oxygen atoms in total. The number of likely N-dealkylation sites (tertiary alicyclic amines) is 1. The van der Waals surface area contributed by atoms with Gasteiger partial charge >= 0.3 is 0 Å². The van der Waals surface area contributed by atoms with Crippen molar-refractivity contribution in [1.29, 1.82) is 0 Å². The molecular weight excluding hydrogens is 334 g/mol. The Labute approximate surface area is 150 Å². The van der Waals surface area contributed by atoms with Crippen molar-refractivity contribution in [1.82, 2.24) is 24.2 Å². The zero-order chi connectivity index (χ0) is 17.4. The van der Waals surface area contributed by atoms with Gasteiger partial charge in [0, 0.05) is 45.5 Å². The topological polar surface area (TPSA) is 56.0 Å². The highest BCUT2D eigenvalue weighted by Gasteiger charge is 2.29. The third-order valence-electron chi connectivity index (χ3n) is 4.80. The molecule has 130 valence electrons. The van der Waals surface area contributed by atoms with Crippen LogP contribution in [0.25, 0.3) is 10.6 Å². The minimum Gasteiger partial charge on any atom is -0.338 e. The molecule has 1 aliphatic rings. The van der Waals surface area contributed by atoms with Gasteiger partial charge < -0.3 is 9.47 Å². The molecule has 4 rings (SSSR count). The van der Waals surface area contributed by atoms with Gasteiger partial charge in [-0.15, -0.1) is 11.3 Å². The summed E-state index contributed by atoms with van der Waals surface area (Å²) in [5.74, 6) is 1.40. The lowest BCUT2D eigenvalue weighted by atomic mass is 9.97.